The molecule has 3 aromatic carbocycles. The lowest BCUT2D eigenvalue weighted by molar-refractivity contribution is 0.121. The van der Waals surface area contributed by atoms with E-state index in [2.05, 4.69) is 0 Å². The monoisotopic (exact) mass is 344 g/mol. The first-order valence-electron chi connectivity index (χ1n) is 8.50. The van der Waals surface area contributed by atoms with Crippen molar-refractivity contribution in [3.05, 3.63) is 94.5 Å². The number of hydrogen-bond acceptors (Lipinski definition) is 4. The number of fused-ring (bicyclic) bond motifs is 1. The Kier molecular flexibility index (Phi) is 3.69. The Morgan fingerprint density at radius 2 is 1.58 bits per heavy atom. The lowest BCUT2D eigenvalue weighted by atomic mass is 9.91. The zero-order chi connectivity index (χ0) is 18.3. The molecule has 0 bridgehead atoms. The average molecular weight is 344 g/mol. The molecule has 0 radical (unpaired) electrons. The number of rotatable bonds is 3. The van der Waals surface area contributed by atoms with E-state index in [0.717, 1.165) is 22.3 Å². The van der Waals surface area contributed by atoms with Crippen LogP contribution in [-0.2, 0) is 5.72 Å². The number of nitrogens with two attached hydrogens (primary N) is 1. The predicted octanol–water partition coefficient (Wildman–Crippen LogP) is 4.01. The molecule has 3 aromatic rings. The molecule has 0 spiro atoms. The molecule has 0 fully saturated rings. The number of aliphatic imine (C=N–C) groups is 1. The molecule has 4 rings (SSSR count). The lowest BCUT2D eigenvalue weighted by Gasteiger charge is -2.30. The fraction of sp³-hybridized carbons (Fsp3) is 0.136. The molecule has 4 heteroatoms. The topological polar surface area (TPSA) is 67.8 Å². The minimum Gasteiger partial charge on any atom is -0.507 e. The number of amidine groups is 1. The van der Waals surface area contributed by atoms with Crippen molar-refractivity contribution >= 4 is 5.84 Å². The molecule has 0 saturated carbocycles. The molecule has 0 aliphatic carbocycles. The highest BCUT2D eigenvalue weighted by Crippen LogP contribution is 2.45. The minimum atomic E-state index is -1.22. The van der Waals surface area contributed by atoms with E-state index in [0.29, 0.717) is 17.1 Å². The summed E-state index contributed by atoms with van der Waals surface area (Å²) in [7, 11) is 0. The third-order valence-corrected chi connectivity index (χ3v) is 4.65. The van der Waals surface area contributed by atoms with Crippen LogP contribution in [0.15, 0.2) is 71.7 Å². The second-order valence-corrected chi connectivity index (χ2v) is 6.62. The number of ether oxygens (including phenoxy) is 1. The van der Waals surface area contributed by atoms with Crippen LogP contribution in [0.2, 0.25) is 0 Å². The van der Waals surface area contributed by atoms with E-state index in [1.165, 1.54) is 0 Å². The standard InChI is InChI=1S/C22H20N2O2/c1-14-7-10-16(11-8-14)26-22(19-13-15(2)9-12-20(19)25)18-6-4-3-5-17(18)21(23)24-22/h3-13,25H,1-2H3,(H2,23,24). The molecular weight excluding hydrogens is 324 g/mol. The number of benzene rings is 3. The minimum absolute atomic E-state index is 0.121. The number of nitrogens with zero attached hydrogens (tertiary/aromatic N) is 1. The predicted molar refractivity (Wildman–Crippen MR) is 103 cm³/mol. The van der Waals surface area contributed by atoms with Gasteiger partial charge in [0.05, 0.1) is 5.56 Å². The summed E-state index contributed by atoms with van der Waals surface area (Å²) in [5, 5.41) is 10.6. The Morgan fingerprint density at radius 3 is 2.35 bits per heavy atom. The van der Waals surface area contributed by atoms with Crippen LogP contribution in [0, 0.1) is 13.8 Å². The van der Waals surface area contributed by atoms with Crippen molar-refractivity contribution in [1.29, 1.82) is 0 Å². The van der Waals surface area contributed by atoms with Gasteiger partial charge >= 0.3 is 0 Å². The van der Waals surface area contributed by atoms with Crippen LogP contribution in [0.4, 0.5) is 0 Å². The Morgan fingerprint density at radius 1 is 0.885 bits per heavy atom. The second kappa shape index (κ2) is 5.92. The number of aromatic hydroxyl groups is 1. The largest absolute Gasteiger partial charge is 0.507 e. The van der Waals surface area contributed by atoms with E-state index in [-0.39, 0.29) is 5.75 Å². The Hall–Kier alpha value is -3.27. The first-order chi connectivity index (χ1) is 12.5. The maximum atomic E-state index is 10.6. The summed E-state index contributed by atoms with van der Waals surface area (Å²) in [6.45, 7) is 3.99. The Bertz CT molecular complexity index is 1010. The van der Waals surface area contributed by atoms with Crippen LogP contribution in [0.1, 0.15) is 27.8 Å². The fourth-order valence-corrected chi connectivity index (χ4v) is 3.33. The zero-order valence-electron chi connectivity index (χ0n) is 14.7. The number of aryl methyl sites for hydroxylation is 2. The average Bonchev–Trinajstić information content (AvgIpc) is 2.92. The summed E-state index contributed by atoms with van der Waals surface area (Å²) in [5.74, 6) is 1.18. The first-order valence-corrected chi connectivity index (χ1v) is 8.50. The zero-order valence-corrected chi connectivity index (χ0v) is 14.7. The maximum Gasteiger partial charge on any atom is 0.258 e. The van der Waals surface area contributed by atoms with Gasteiger partial charge in [0.25, 0.3) is 5.72 Å². The van der Waals surface area contributed by atoms with E-state index in [1.807, 2.05) is 74.5 Å². The molecule has 1 heterocycles. The van der Waals surface area contributed by atoms with Crippen LogP contribution in [-0.4, -0.2) is 10.9 Å². The van der Waals surface area contributed by atoms with Crippen molar-refractivity contribution in [3.63, 3.8) is 0 Å². The van der Waals surface area contributed by atoms with Crippen LogP contribution in [0.25, 0.3) is 0 Å². The molecule has 0 aromatic heterocycles. The van der Waals surface area contributed by atoms with E-state index in [1.54, 1.807) is 6.07 Å². The van der Waals surface area contributed by atoms with Gasteiger partial charge in [0, 0.05) is 11.1 Å². The van der Waals surface area contributed by atoms with Crippen LogP contribution in [0.5, 0.6) is 11.5 Å². The summed E-state index contributed by atoms with van der Waals surface area (Å²) in [4.78, 5) is 4.69. The van der Waals surface area contributed by atoms with Crippen molar-refractivity contribution < 1.29 is 9.84 Å². The molecule has 1 aliphatic heterocycles. The summed E-state index contributed by atoms with van der Waals surface area (Å²) < 4.78 is 6.41. The molecule has 4 nitrogen and oxygen atoms in total. The molecule has 0 saturated heterocycles. The quantitative estimate of drug-likeness (QED) is 0.754. The van der Waals surface area contributed by atoms with Crippen LogP contribution < -0.4 is 10.5 Å². The van der Waals surface area contributed by atoms with Crippen molar-refractivity contribution in [2.24, 2.45) is 10.7 Å². The first kappa shape index (κ1) is 16.2. The van der Waals surface area contributed by atoms with Gasteiger partial charge in [0.15, 0.2) is 0 Å². The molecule has 26 heavy (non-hydrogen) atoms. The number of hydrogen-bond donors (Lipinski definition) is 2. The Balaban J connectivity index is 1.97. The summed E-state index contributed by atoms with van der Waals surface area (Å²) >= 11 is 0. The van der Waals surface area contributed by atoms with E-state index in [9.17, 15) is 5.11 Å². The molecule has 1 aliphatic rings. The molecule has 3 N–H and O–H groups in total. The van der Waals surface area contributed by atoms with Crippen LogP contribution >= 0.6 is 0 Å². The third kappa shape index (κ3) is 2.51. The molecule has 0 amide bonds. The van der Waals surface area contributed by atoms with Crippen LogP contribution in [0.3, 0.4) is 0 Å². The third-order valence-electron chi connectivity index (χ3n) is 4.65. The Labute approximate surface area is 152 Å². The molecule has 1 atom stereocenters. The van der Waals surface area contributed by atoms with Gasteiger partial charge in [-0.2, -0.15) is 0 Å². The van der Waals surface area contributed by atoms with Crippen molar-refractivity contribution in [3.8, 4) is 11.5 Å². The smallest absolute Gasteiger partial charge is 0.258 e. The van der Waals surface area contributed by atoms with Gasteiger partial charge in [-0.15, -0.1) is 0 Å². The highest BCUT2D eigenvalue weighted by atomic mass is 16.5. The van der Waals surface area contributed by atoms with Crippen molar-refractivity contribution in [2.75, 3.05) is 0 Å². The van der Waals surface area contributed by atoms with Gasteiger partial charge < -0.3 is 15.6 Å². The highest BCUT2D eigenvalue weighted by molar-refractivity contribution is 6.02. The molecule has 1 unspecified atom stereocenters. The highest BCUT2D eigenvalue weighted by Gasteiger charge is 2.45. The lowest BCUT2D eigenvalue weighted by Crippen LogP contribution is -2.31. The van der Waals surface area contributed by atoms with Crippen molar-refractivity contribution in [1.82, 2.24) is 0 Å². The van der Waals surface area contributed by atoms with E-state index in [4.69, 9.17) is 15.5 Å². The van der Waals surface area contributed by atoms with Gasteiger partial charge in [-0.1, -0.05) is 53.6 Å². The maximum absolute atomic E-state index is 10.6. The van der Waals surface area contributed by atoms with Gasteiger partial charge in [0.1, 0.15) is 17.3 Å². The number of phenols is 1. The van der Waals surface area contributed by atoms with E-state index < -0.39 is 5.72 Å². The normalized spacial score (nSPS) is 18.3. The molecular formula is C22H20N2O2. The van der Waals surface area contributed by atoms with Gasteiger partial charge in [-0.3, -0.25) is 0 Å². The van der Waals surface area contributed by atoms with Crippen molar-refractivity contribution in [2.45, 2.75) is 19.6 Å². The van der Waals surface area contributed by atoms with Gasteiger partial charge in [-0.05, 0) is 38.1 Å². The van der Waals surface area contributed by atoms with Gasteiger partial charge in [-0.25, -0.2) is 4.99 Å². The SMILES string of the molecule is Cc1ccc(OC2(c3cc(C)ccc3O)N=C(N)c3ccccc32)cc1. The second-order valence-electron chi connectivity index (χ2n) is 6.62. The summed E-state index contributed by atoms with van der Waals surface area (Å²) in [6.07, 6.45) is 0. The number of phenolic OH excluding ortho intramolecular Hbond substituents is 1. The summed E-state index contributed by atoms with van der Waals surface area (Å²) in [6, 6.07) is 20.9. The fourth-order valence-electron chi connectivity index (χ4n) is 3.33. The van der Waals surface area contributed by atoms with Gasteiger partial charge in [0.2, 0.25) is 0 Å². The summed E-state index contributed by atoms with van der Waals surface area (Å²) in [5.41, 5.74) is 9.35. The van der Waals surface area contributed by atoms with E-state index >= 15 is 0 Å². The molecule has 130 valence electrons.